The van der Waals surface area contributed by atoms with Crippen molar-refractivity contribution in [3.05, 3.63) is 23.8 Å². The average Bonchev–Trinajstić information content (AvgIpc) is 2.82. The van der Waals surface area contributed by atoms with E-state index < -0.39 is 10.0 Å². The van der Waals surface area contributed by atoms with Gasteiger partial charge in [-0.2, -0.15) is 0 Å². The Balaban J connectivity index is 1.96. The number of anilines is 1. The quantitative estimate of drug-likeness (QED) is 0.656. The molecule has 3 atom stereocenters. The molecule has 196 valence electrons. The van der Waals surface area contributed by atoms with Crippen LogP contribution in [-0.4, -0.2) is 95.5 Å². The molecule has 0 unspecified atom stereocenters. The highest BCUT2D eigenvalue weighted by Crippen LogP contribution is 2.28. The number of carbonyl (C=O) groups excluding carboxylic acids is 2. The van der Waals surface area contributed by atoms with Crippen LogP contribution in [0.25, 0.3) is 0 Å². The Bertz CT molecular complexity index is 1010. The van der Waals surface area contributed by atoms with Gasteiger partial charge in [0.15, 0.2) is 0 Å². The van der Waals surface area contributed by atoms with Gasteiger partial charge in [0, 0.05) is 58.4 Å². The summed E-state index contributed by atoms with van der Waals surface area (Å²) in [5.41, 5.74) is 0.601. The third-order valence-electron chi connectivity index (χ3n) is 6.60. The van der Waals surface area contributed by atoms with Gasteiger partial charge in [-0.15, -0.1) is 0 Å². The molecule has 1 N–H and O–H groups in total. The molecule has 1 saturated heterocycles. The Kier molecular flexibility index (Phi) is 9.00. The normalized spacial score (nSPS) is 25.2. The Labute approximate surface area is 207 Å². The lowest BCUT2D eigenvalue weighted by Crippen LogP contribution is -2.50. The summed E-state index contributed by atoms with van der Waals surface area (Å²) in [5, 5.41) is 0. The van der Waals surface area contributed by atoms with E-state index in [9.17, 15) is 18.0 Å². The second-order valence-electron chi connectivity index (χ2n) is 9.56. The number of fused-ring (bicyclic) bond motifs is 1. The maximum Gasteiger partial charge on any atom is 0.257 e. The average molecular weight is 512 g/mol. The van der Waals surface area contributed by atoms with Crippen LogP contribution in [0.4, 0.5) is 5.69 Å². The van der Waals surface area contributed by atoms with Crippen LogP contribution < -0.4 is 9.46 Å². The molecule has 3 rings (SSSR count). The van der Waals surface area contributed by atoms with E-state index in [4.69, 9.17) is 14.2 Å². The number of benzene rings is 1. The van der Waals surface area contributed by atoms with Crippen LogP contribution in [0.2, 0.25) is 0 Å². The van der Waals surface area contributed by atoms with Crippen molar-refractivity contribution in [3.8, 4) is 5.75 Å². The molecule has 0 aliphatic carbocycles. The summed E-state index contributed by atoms with van der Waals surface area (Å²) in [7, 11) is -0.211. The fourth-order valence-electron chi connectivity index (χ4n) is 4.54. The number of carbonyl (C=O) groups is 2. The van der Waals surface area contributed by atoms with E-state index in [0.717, 1.165) is 6.26 Å². The Morgan fingerprint density at radius 3 is 2.49 bits per heavy atom. The van der Waals surface area contributed by atoms with E-state index in [1.165, 1.54) is 12.1 Å². The van der Waals surface area contributed by atoms with Crippen LogP contribution in [-0.2, 0) is 24.3 Å². The zero-order chi connectivity index (χ0) is 25.8. The second-order valence-corrected chi connectivity index (χ2v) is 11.3. The van der Waals surface area contributed by atoms with E-state index in [-0.39, 0.29) is 48.2 Å². The highest BCUT2D eigenvalue weighted by atomic mass is 32.2. The van der Waals surface area contributed by atoms with Crippen LogP contribution >= 0.6 is 0 Å². The van der Waals surface area contributed by atoms with Gasteiger partial charge >= 0.3 is 0 Å². The lowest BCUT2D eigenvalue weighted by atomic mass is 9.95. The fraction of sp³-hybridized carbons (Fsp3) is 0.667. The summed E-state index contributed by atoms with van der Waals surface area (Å²) in [4.78, 5) is 30.2. The van der Waals surface area contributed by atoms with Gasteiger partial charge in [0.1, 0.15) is 12.4 Å². The molecule has 1 aromatic rings. The topological polar surface area (TPSA) is 114 Å². The zero-order valence-electron chi connectivity index (χ0n) is 21.2. The number of sulfonamides is 1. The van der Waals surface area contributed by atoms with Crippen LogP contribution in [0.3, 0.4) is 0 Å². The van der Waals surface area contributed by atoms with Gasteiger partial charge in [0.2, 0.25) is 15.9 Å². The fourth-order valence-corrected chi connectivity index (χ4v) is 5.09. The standard InChI is InChI=1S/C24H37N3O7S/c1-16-13-27(23(28)18-8-10-33-11-9-18)17(2)15-34-21-12-19(25-35(5,30)31)6-7-20(21)24(29)26(3)14-22(16)32-4/h6-7,12,16-18,22,25H,8-11,13-15H2,1-5H3/t16-,17+,22+/m1/s1. The Morgan fingerprint density at radius 1 is 1.17 bits per heavy atom. The minimum atomic E-state index is -3.51. The summed E-state index contributed by atoms with van der Waals surface area (Å²) >= 11 is 0. The maximum absolute atomic E-state index is 13.5. The second kappa shape index (κ2) is 11.6. The van der Waals surface area contributed by atoms with Crippen molar-refractivity contribution in [1.29, 1.82) is 0 Å². The van der Waals surface area contributed by atoms with Gasteiger partial charge in [-0.25, -0.2) is 8.42 Å². The first-order valence-corrected chi connectivity index (χ1v) is 13.8. The Morgan fingerprint density at radius 2 is 1.86 bits per heavy atom. The van der Waals surface area contributed by atoms with Crippen LogP contribution in [0.5, 0.6) is 5.75 Å². The van der Waals surface area contributed by atoms with Gasteiger partial charge < -0.3 is 24.0 Å². The van der Waals surface area contributed by atoms with Gasteiger partial charge in [-0.3, -0.25) is 14.3 Å². The molecule has 1 aromatic carbocycles. The summed E-state index contributed by atoms with van der Waals surface area (Å²) in [5.74, 6) is -0.0663. The zero-order valence-corrected chi connectivity index (χ0v) is 22.0. The van der Waals surface area contributed by atoms with Crippen LogP contribution in [0.1, 0.15) is 37.0 Å². The molecule has 0 aromatic heterocycles. The molecule has 2 aliphatic heterocycles. The monoisotopic (exact) mass is 511 g/mol. The number of amides is 2. The minimum absolute atomic E-state index is 0.0262. The van der Waals surface area contributed by atoms with Crippen molar-refractivity contribution in [2.45, 2.75) is 38.8 Å². The molecule has 2 aliphatic rings. The molecule has 0 spiro atoms. The van der Waals surface area contributed by atoms with E-state index in [2.05, 4.69) is 4.72 Å². The van der Waals surface area contributed by atoms with E-state index in [0.29, 0.717) is 50.4 Å². The van der Waals surface area contributed by atoms with Gasteiger partial charge in [0.25, 0.3) is 5.91 Å². The van der Waals surface area contributed by atoms with E-state index in [1.807, 2.05) is 18.7 Å². The smallest absolute Gasteiger partial charge is 0.257 e. The van der Waals surface area contributed by atoms with Crippen LogP contribution in [0.15, 0.2) is 18.2 Å². The molecule has 35 heavy (non-hydrogen) atoms. The first kappa shape index (κ1) is 27.2. The Hall–Kier alpha value is -2.37. The number of hydrogen-bond donors (Lipinski definition) is 1. The third kappa shape index (κ3) is 7.08. The predicted octanol–water partition coefficient (Wildman–Crippen LogP) is 1.82. The van der Waals surface area contributed by atoms with Gasteiger partial charge in [-0.1, -0.05) is 6.92 Å². The molecule has 10 nitrogen and oxygen atoms in total. The molecule has 0 radical (unpaired) electrons. The summed E-state index contributed by atoms with van der Waals surface area (Å²) in [6.45, 7) is 6.02. The van der Waals surface area contributed by atoms with Crippen LogP contribution in [0, 0.1) is 11.8 Å². The number of methoxy groups -OCH3 is 1. The summed E-state index contributed by atoms with van der Waals surface area (Å²) < 4.78 is 43.1. The number of rotatable bonds is 4. The minimum Gasteiger partial charge on any atom is -0.491 e. The predicted molar refractivity (Wildman–Crippen MR) is 132 cm³/mol. The van der Waals surface area contributed by atoms with E-state index >= 15 is 0 Å². The molecular weight excluding hydrogens is 474 g/mol. The molecule has 11 heteroatoms. The van der Waals surface area contributed by atoms with Gasteiger partial charge in [0.05, 0.1) is 29.7 Å². The summed E-state index contributed by atoms with van der Waals surface area (Å²) in [6.07, 6.45) is 2.15. The van der Waals surface area contributed by atoms with E-state index in [1.54, 1.807) is 25.1 Å². The number of likely N-dealkylation sites (N-methyl/N-ethyl adjacent to an activating group) is 1. The first-order chi connectivity index (χ1) is 16.5. The lowest BCUT2D eigenvalue weighted by molar-refractivity contribution is -0.142. The van der Waals surface area contributed by atoms with Gasteiger partial charge in [-0.05, 0) is 31.9 Å². The first-order valence-electron chi connectivity index (χ1n) is 11.9. The van der Waals surface area contributed by atoms with Crippen molar-refractivity contribution >= 4 is 27.5 Å². The lowest BCUT2D eigenvalue weighted by Gasteiger charge is -2.38. The molecule has 1 fully saturated rings. The number of ether oxygens (including phenoxy) is 3. The molecule has 2 amide bonds. The van der Waals surface area contributed by atoms with Crippen molar-refractivity contribution in [2.75, 3.05) is 58.0 Å². The molecule has 0 saturated carbocycles. The SMILES string of the molecule is CO[C@H]1CN(C)C(=O)c2ccc(NS(C)(=O)=O)cc2OC[C@H](C)N(C(=O)C2CCOCC2)C[C@H]1C. The molecule has 2 heterocycles. The largest absolute Gasteiger partial charge is 0.491 e. The number of nitrogens with one attached hydrogen (secondary N) is 1. The molecule has 0 bridgehead atoms. The third-order valence-corrected chi connectivity index (χ3v) is 7.21. The van der Waals surface area contributed by atoms with Crippen molar-refractivity contribution in [1.82, 2.24) is 9.80 Å². The highest BCUT2D eigenvalue weighted by Gasteiger charge is 2.33. The maximum atomic E-state index is 13.5. The van der Waals surface area contributed by atoms with Crippen molar-refractivity contribution in [3.63, 3.8) is 0 Å². The molecular formula is C24H37N3O7S. The highest BCUT2D eigenvalue weighted by molar-refractivity contribution is 7.92. The number of hydrogen-bond acceptors (Lipinski definition) is 7. The summed E-state index contributed by atoms with van der Waals surface area (Å²) in [6, 6.07) is 4.30. The van der Waals surface area contributed by atoms with Crippen molar-refractivity contribution < 1.29 is 32.2 Å². The number of nitrogens with zero attached hydrogens (tertiary/aromatic N) is 2. The van der Waals surface area contributed by atoms with Crippen molar-refractivity contribution in [2.24, 2.45) is 11.8 Å².